The minimum Gasteiger partial charge on any atom is -0.496 e. The van der Waals surface area contributed by atoms with Gasteiger partial charge in [0.1, 0.15) is 11.5 Å². The van der Waals surface area contributed by atoms with Crippen molar-refractivity contribution in [1.29, 1.82) is 0 Å². The predicted molar refractivity (Wildman–Crippen MR) is 398 cm³/mol. The van der Waals surface area contributed by atoms with E-state index in [4.69, 9.17) is 126 Å². The van der Waals surface area contributed by atoms with Gasteiger partial charge in [-0.05, 0) is 148 Å². The average molecular weight is 1240 g/mol. The number of carbonyl (C=O) groups excluding carboxylic acids is 2. The second kappa shape index (κ2) is 44.2. The Bertz CT molecular complexity index is 4350. The molecule has 0 fully saturated rings. The highest BCUT2D eigenvalue weighted by atomic mass is 32.2. The third-order valence-corrected chi connectivity index (χ3v) is 14.0. The number of nitrogens with zero attached hydrogens (tertiary/aromatic N) is 2. The molecule has 410 valence electrons. The lowest BCUT2D eigenvalue weighted by molar-refractivity contribution is -0.0945. The van der Waals surface area contributed by atoms with Gasteiger partial charge in [-0.3, -0.25) is 22.9 Å². The molecular formula is C52H24B28F6N2O5S2. The fraction of sp³-hybridized carbons (Fsp3) is 0.115. The highest BCUT2D eigenvalue weighted by Crippen LogP contribution is 2.34. The first kappa shape index (κ1) is 85.4. The lowest BCUT2D eigenvalue weighted by Crippen LogP contribution is -2.87. The van der Waals surface area contributed by atoms with Gasteiger partial charge >= 0.3 is 24.2 Å². The Morgan fingerprint density at radius 1 is 0.442 bits per heavy atom. The van der Waals surface area contributed by atoms with Gasteiger partial charge in [0, 0.05) is 274 Å². The maximum atomic E-state index is 12.5. The highest BCUT2D eigenvalue weighted by Gasteiger charge is 2.51. The van der Waals surface area contributed by atoms with Crippen molar-refractivity contribution in [2.45, 2.75) is 22.1 Å². The summed E-state index contributed by atoms with van der Waals surface area (Å²) in [5.74, 6) is -3.03. The molecule has 0 saturated carbocycles. The van der Waals surface area contributed by atoms with Crippen molar-refractivity contribution in [2.75, 3.05) is 26.7 Å². The van der Waals surface area contributed by atoms with Gasteiger partial charge in [0.15, 0.2) is 0 Å². The van der Waals surface area contributed by atoms with Gasteiger partial charge in [-0.1, -0.05) is 11.5 Å². The highest BCUT2D eigenvalue weighted by molar-refractivity contribution is 8.26. The molecule has 0 aliphatic rings. The van der Waals surface area contributed by atoms with E-state index in [9.17, 15) is 40.1 Å². The van der Waals surface area contributed by atoms with Gasteiger partial charge in [0.2, 0.25) is 0 Å². The smallest absolute Gasteiger partial charge is 0.472 e. The molecule has 0 amide bonds. The van der Waals surface area contributed by atoms with Crippen molar-refractivity contribution in [3.8, 4) is 11.5 Å². The summed E-state index contributed by atoms with van der Waals surface area (Å²) in [6.45, 7) is 6.61. The summed E-state index contributed by atoms with van der Waals surface area (Å²) in [4.78, 5) is 23.5. The number of methoxy groups -OCH3 is 2. The quantitative estimate of drug-likeness (QED) is 0.0699. The van der Waals surface area contributed by atoms with Crippen molar-refractivity contribution in [2.24, 2.45) is 0 Å². The first-order valence-corrected chi connectivity index (χ1v) is 29.4. The van der Waals surface area contributed by atoms with E-state index < -0.39 is 118 Å². The van der Waals surface area contributed by atoms with Crippen LogP contribution in [0.2, 0.25) is 0 Å². The van der Waals surface area contributed by atoms with Gasteiger partial charge < -0.3 is 9.47 Å². The molecule has 43 heteroatoms. The van der Waals surface area contributed by atoms with Gasteiger partial charge in [-0.15, -0.1) is 11.8 Å². The van der Waals surface area contributed by atoms with E-state index in [1.165, 1.54) is 62.6 Å². The van der Waals surface area contributed by atoms with Crippen LogP contribution in [0.1, 0.15) is 9.59 Å². The van der Waals surface area contributed by atoms with Crippen molar-refractivity contribution >= 4 is 255 Å². The summed E-state index contributed by atoms with van der Waals surface area (Å²) in [6, 6.07) is 8.67. The van der Waals surface area contributed by atoms with Crippen LogP contribution in [0.5, 0.6) is 11.5 Å². The Labute approximate surface area is 581 Å². The molecule has 2 heterocycles. The van der Waals surface area contributed by atoms with E-state index in [1.807, 2.05) is 0 Å². The van der Waals surface area contributed by atoms with Gasteiger partial charge in [0.25, 0.3) is 0 Å². The summed E-state index contributed by atoms with van der Waals surface area (Å²) in [5, 5.41) is 0.918. The fourth-order valence-corrected chi connectivity index (χ4v) is 9.77. The van der Waals surface area contributed by atoms with E-state index >= 15 is 0 Å². The Morgan fingerprint density at radius 2 is 0.716 bits per heavy atom. The topological polar surface area (TPSA) is 79.5 Å². The number of alkyl halides is 6. The summed E-state index contributed by atoms with van der Waals surface area (Å²) < 4.78 is 97.7. The molecule has 7 nitrogen and oxygen atoms in total. The van der Waals surface area contributed by atoms with E-state index in [1.54, 1.807) is 12.3 Å². The molecule has 4 aromatic rings. The zero-order valence-corrected chi connectivity index (χ0v) is 52.9. The van der Waals surface area contributed by atoms with E-state index in [-0.39, 0.29) is 15.9 Å². The first-order valence-electron chi connectivity index (χ1n) is 26.6. The summed E-state index contributed by atoms with van der Waals surface area (Å²) in [5.41, 5.74) is 64.6. The second-order valence-corrected chi connectivity index (χ2v) is 20.8. The molecule has 95 heavy (non-hydrogen) atoms. The molecular weight excluding hydrogens is 1210 g/mol. The molecule has 1 atom stereocenters. The molecule has 0 spiro atoms. The third kappa shape index (κ3) is 29.1. The predicted octanol–water partition coefficient (Wildman–Crippen LogP) is 0.337. The number of benzene rings is 2. The van der Waals surface area contributed by atoms with Gasteiger partial charge in [0.05, 0.1) is 45.8 Å². The molecule has 2 aromatic carbocycles. The van der Waals surface area contributed by atoms with Crippen LogP contribution in [0.3, 0.4) is 0 Å². The number of fused-ring (bicyclic) bond motifs is 2. The molecule has 0 bridgehead atoms. The van der Waals surface area contributed by atoms with Crippen molar-refractivity contribution in [3.05, 3.63) is 211 Å². The van der Waals surface area contributed by atoms with Crippen LogP contribution in [0.15, 0.2) is 221 Å². The summed E-state index contributed by atoms with van der Waals surface area (Å²) >= 11 is 1.34. The second-order valence-electron chi connectivity index (χ2n) is 18.6. The molecule has 30 radical (unpaired) electrons. The van der Waals surface area contributed by atoms with Crippen molar-refractivity contribution in [3.63, 3.8) is 0 Å². The molecule has 1 unspecified atom stereocenters. The summed E-state index contributed by atoms with van der Waals surface area (Å²) in [7, 11) is 91.0. The normalized spacial score (nSPS) is 9.12. The SMILES string of the molecule is C=C=C=C=C=C=C=C=C=C=C=C=C=C=C=C=C=C=C=C=C=C=C=C=C=C=C=C.COc1cc2ccn(C(=O)C(F)(F)F)c2cc1S(C)=O.COc1cc2ccn(C(=O)C(F)(F)F)c2cc1SC.[B]B([B])B([B])B(B(B([B])[B])B([B])[B])B(B(B([B])[B])B([B])[B])B(B([B])[B])B([B])[B]. The molecule has 0 saturated heterocycles. The maximum Gasteiger partial charge on any atom is 0.472 e. The van der Waals surface area contributed by atoms with Crippen LogP contribution in [-0.2, 0) is 10.8 Å². The third-order valence-electron chi connectivity index (χ3n) is 12.4. The molecule has 0 aliphatic carbocycles. The Kier molecular flexibility index (Phi) is 39.7. The number of carbonyl (C=O) groups is 2. The fourth-order valence-electron chi connectivity index (χ4n) is 8.50. The Hall–Kier alpha value is -7.62. The monoisotopic (exact) mass is 1240 g/mol. The van der Waals surface area contributed by atoms with Crippen LogP contribution < -0.4 is 9.47 Å². The van der Waals surface area contributed by atoms with Crippen molar-refractivity contribution < 1.29 is 49.6 Å². The van der Waals surface area contributed by atoms with Crippen LogP contribution in [0.4, 0.5) is 26.3 Å². The van der Waals surface area contributed by atoms with Crippen LogP contribution in [-0.4, -0.2) is 263 Å². The van der Waals surface area contributed by atoms with Gasteiger partial charge in [-0.25, -0.2) is 0 Å². The largest absolute Gasteiger partial charge is 0.496 e. The molecule has 0 aliphatic heterocycles. The minimum atomic E-state index is -4.97. The Morgan fingerprint density at radius 3 is 0.958 bits per heavy atom. The number of thioether (sulfide) groups is 1. The minimum absolute atomic E-state index is 0.0401. The number of hydrogen-bond donors (Lipinski definition) is 0. The van der Waals surface area contributed by atoms with Crippen molar-refractivity contribution in [1.82, 2.24) is 9.13 Å². The average Bonchev–Trinajstić information content (AvgIpc) is 1.78. The van der Waals surface area contributed by atoms with E-state index in [2.05, 4.69) is 162 Å². The lowest BCUT2D eigenvalue weighted by Gasteiger charge is -2.49. The van der Waals surface area contributed by atoms with E-state index in [0.29, 0.717) is 36.3 Å². The van der Waals surface area contributed by atoms with Crippen LogP contribution >= 0.6 is 11.8 Å². The summed E-state index contributed by atoms with van der Waals surface area (Å²) in [6.07, 6.45) is -16.8. The number of ether oxygens (including phenoxy) is 2. The maximum absolute atomic E-state index is 12.5. The van der Waals surface area contributed by atoms with E-state index in [0.717, 1.165) is 12.4 Å². The molecule has 2 aromatic heterocycles. The lowest BCUT2D eigenvalue weighted by atomic mass is 8.32. The molecule has 0 N–H and O–H groups in total. The number of hydrogen-bond acceptors (Lipinski definition) is 6. The zero-order chi connectivity index (χ0) is 72.2. The van der Waals surface area contributed by atoms with Crippen LogP contribution in [0.25, 0.3) is 21.8 Å². The first-order chi connectivity index (χ1) is 44.7. The zero-order valence-electron chi connectivity index (χ0n) is 51.2. The standard InChI is InChI=1S/C28H4.C12H10F3NO3S.C12H10F3NO2S.B28/c1-3-5-7-9-11-13-15-17-19-21-23-25-27-28-26-24-22-20-18-16-14-12-10-8-6-4-2;1-19-9-5-7-3-4-16(11(17)12(13,14)15)8(7)6-10(9)20(2)18;1-18-9-5-7-3-4-16(11(17)12(13,14)15)8(7)6-10(9)19-2;1-16(2)23(15)27(24(17(3)4)18(5)6)28(25(19(7)8)20(9)10)26(21(11)12)22(13)14/h1-2H2;3-6H,1-2H3;3-6H,1-2H3;. The van der Waals surface area contributed by atoms with Crippen LogP contribution in [0, 0.1) is 0 Å². The molecule has 4 rings (SSSR count). The van der Waals surface area contributed by atoms with Gasteiger partial charge in [-0.2, -0.15) is 26.3 Å². The Balaban J connectivity index is 0.000000641. The number of aromatic nitrogens is 2. The number of rotatable bonds is 16. The number of halogens is 6.